The van der Waals surface area contributed by atoms with Crippen molar-refractivity contribution in [3.8, 4) is 5.75 Å². The third-order valence-electron chi connectivity index (χ3n) is 5.07. The normalized spacial score (nSPS) is 15.9. The van der Waals surface area contributed by atoms with Crippen molar-refractivity contribution in [1.82, 2.24) is 9.80 Å². The van der Waals surface area contributed by atoms with E-state index in [1.807, 2.05) is 25.2 Å². The van der Waals surface area contributed by atoms with E-state index in [1.165, 1.54) is 17.0 Å². The number of rotatable bonds is 8. The molecule has 1 heterocycles. The van der Waals surface area contributed by atoms with Crippen molar-refractivity contribution < 1.29 is 22.7 Å². The highest BCUT2D eigenvalue weighted by Crippen LogP contribution is 2.35. The molecular formula is C25H29BrF3N3O2. The van der Waals surface area contributed by atoms with Crippen molar-refractivity contribution in [2.45, 2.75) is 19.7 Å². The molecule has 1 aromatic rings. The van der Waals surface area contributed by atoms with Gasteiger partial charge < -0.3 is 9.64 Å². The third kappa shape index (κ3) is 8.29. The second-order valence-corrected chi connectivity index (χ2v) is 8.96. The predicted octanol–water partition coefficient (Wildman–Crippen LogP) is 5.86. The standard InChI is InChI=1S/C25H29BrF3N3O2/c1-17(14-18(2)22(26)8-11-30-3)16-32-12-9-19(10-13-32)21-7-6-20(24(33)31(4)5)15-23(21)34-25(27,28)29/h6-9,11,14-15H,2,10,12-13,16H2,1,3-5H3/b17-14+,22-8+,30-11?. The number of hydrogen-bond acceptors (Lipinski definition) is 4. The Bertz CT molecular complexity index is 1040. The first-order chi connectivity index (χ1) is 15.9. The van der Waals surface area contributed by atoms with Crippen LogP contribution in [0.15, 0.2) is 63.6 Å². The smallest absolute Gasteiger partial charge is 0.405 e. The lowest BCUT2D eigenvalue weighted by Gasteiger charge is -2.27. The molecule has 1 amide bonds. The minimum atomic E-state index is -4.86. The number of amides is 1. The monoisotopic (exact) mass is 539 g/mol. The molecule has 184 valence electrons. The van der Waals surface area contributed by atoms with Gasteiger partial charge in [0.2, 0.25) is 0 Å². The molecule has 0 saturated carbocycles. The second kappa shape index (κ2) is 12.2. The molecule has 9 heteroatoms. The van der Waals surface area contributed by atoms with Crippen molar-refractivity contribution in [3.63, 3.8) is 0 Å². The molecule has 0 bridgehead atoms. The first-order valence-electron chi connectivity index (χ1n) is 10.6. The van der Waals surface area contributed by atoms with Crippen LogP contribution in [-0.2, 0) is 0 Å². The number of aliphatic imine (C=N–C) groups is 1. The van der Waals surface area contributed by atoms with Crippen LogP contribution in [-0.4, -0.2) is 69.1 Å². The lowest BCUT2D eigenvalue weighted by atomic mass is 9.96. The van der Waals surface area contributed by atoms with Crippen LogP contribution in [0.1, 0.15) is 29.3 Å². The number of nitrogens with zero attached hydrogens (tertiary/aromatic N) is 3. The fourth-order valence-electron chi connectivity index (χ4n) is 3.50. The highest BCUT2D eigenvalue weighted by Gasteiger charge is 2.33. The number of carbonyl (C=O) groups excluding carboxylic acids is 1. The van der Waals surface area contributed by atoms with Gasteiger partial charge in [-0.15, -0.1) is 13.2 Å². The Hall–Kier alpha value is -2.65. The maximum atomic E-state index is 13.0. The van der Waals surface area contributed by atoms with E-state index >= 15 is 0 Å². The summed E-state index contributed by atoms with van der Waals surface area (Å²) >= 11 is 3.47. The summed E-state index contributed by atoms with van der Waals surface area (Å²) in [5.74, 6) is -0.755. The summed E-state index contributed by atoms with van der Waals surface area (Å²) in [6, 6.07) is 4.21. The molecule has 0 unspecified atom stereocenters. The Morgan fingerprint density at radius 1 is 1.35 bits per heavy atom. The third-order valence-corrected chi connectivity index (χ3v) is 5.84. The summed E-state index contributed by atoms with van der Waals surface area (Å²) < 4.78 is 44.2. The summed E-state index contributed by atoms with van der Waals surface area (Å²) in [5, 5.41) is 0. The average Bonchev–Trinajstić information content (AvgIpc) is 2.76. The number of halogens is 4. The van der Waals surface area contributed by atoms with E-state index in [4.69, 9.17) is 0 Å². The molecule has 0 N–H and O–H groups in total. The first kappa shape index (κ1) is 27.6. The molecule has 0 saturated heterocycles. The van der Waals surface area contributed by atoms with Gasteiger partial charge in [0.1, 0.15) is 5.75 Å². The van der Waals surface area contributed by atoms with Gasteiger partial charge in [-0.3, -0.25) is 14.7 Å². The molecule has 1 aliphatic heterocycles. The summed E-state index contributed by atoms with van der Waals surface area (Å²) in [6.45, 7) is 8.01. The highest BCUT2D eigenvalue weighted by atomic mass is 79.9. The van der Waals surface area contributed by atoms with E-state index in [2.05, 4.69) is 37.1 Å². The molecule has 0 aliphatic carbocycles. The average molecular weight is 540 g/mol. The molecule has 1 aliphatic rings. The van der Waals surface area contributed by atoms with Gasteiger partial charge in [0, 0.05) is 62.6 Å². The topological polar surface area (TPSA) is 45.1 Å². The number of allylic oxidation sites excluding steroid dienone is 4. The van der Waals surface area contributed by atoms with Crippen molar-refractivity contribution in [2.75, 3.05) is 40.8 Å². The van der Waals surface area contributed by atoms with Crippen LogP contribution < -0.4 is 4.74 Å². The fraction of sp³-hybridized carbons (Fsp3) is 0.360. The Morgan fingerprint density at radius 3 is 2.62 bits per heavy atom. The van der Waals surface area contributed by atoms with E-state index in [9.17, 15) is 18.0 Å². The van der Waals surface area contributed by atoms with E-state index < -0.39 is 12.3 Å². The van der Waals surface area contributed by atoms with E-state index in [1.54, 1.807) is 27.4 Å². The summed E-state index contributed by atoms with van der Waals surface area (Å²) in [7, 11) is 4.77. The molecule has 1 aromatic carbocycles. The zero-order chi connectivity index (χ0) is 25.5. The van der Waals surface area contributed by atoms with Crippen LogP contribution in [0.25, 0.3) is 5.57 Å². The zero-order valence-electron chi connectivity index (χ0n) is 19.7. The lowest BCUT2D eigenvalue weighted by Crippen LogP contribution is -2.30. The largest absolute Gasteiger partial charge is 0.573 e. The lowest BCUT2D eigenvalue weighted by molar-refractivity contribution is -0.274. The minimum Gasteiger partial charge on any atom is -0.405 e. The number of ether oxygens (including phenoxy) is 1. The van der Waals surface area contributed by atoms with Gasteiger partial charge in [-0.2, -0.15) is 0 Å². The maximum absolute atomic E-state index is 13.0. The van der Waals surface area contributed by atoms with Crippen molar-refractivity contribution in [1.29, 1.82) is 0 Å². The van der Waals surface area contributed by atoms with Crippen LogP contribution in [0.2, 0.25) is 0 Å². The van der Waals surface area contributed by atoms with Crippen LogP contribution in [0, 0.1) is 0 Å². The van der Waals surface area contributed by atoms with Gasteiger partial charge in [-0.1, -0.05) is 46.3 Å². The van der Waals surface area contributed by atoms with Crippen LogP contribution in [0.3, 0.4) is 0 Å². The summed E-state index contributed by atoms with van der Waals surface area (Å²) in [6.07, 6.45) is 3.09. The maximum Gasteiger partial charge on any atom is 0.573 e. The van der Waals surface area contributed by atoms with Crippen LogP contribution >= 0.6 is 15.9 Å². The van der Waals surface area contributed by atoms with Crippen molar-refractivity contribution in [3.05, 3.63) is 69.8 Å². The van der Waals surface area contributed by atoms with Gasteiger partial charge in [-0.25, -0.2) is 0 Å². The Labute approximate surface area is 207 Å². The van der Waals surface area contributed by atoms with Crippen molar-refractivity contribution >= 4 is 33.6 Å². The van der Waals surface area contributed by atoms with Gasteiger partial charge in [0.15, 0.2) is 0 Å². The van der Waals surface area contributed by atoms with E-state index in [0.29, 0.717) is 31.6 Å². The van der Waals surface area contributed by atoms with Crippen molar-refractivity contribution in [2.24, 2.45) is 4.99 Å². The fourth-order valence-corrected chi connectivity index (χ4v) is 3.73. The molecule has 0 aromatic heterocycles. The molecular weight excluding hydrogens is 511 g/mol. The highest BCUT2D eigenvalue weighted by molar-refractivity contribution is 9.12. The molecule has 0 radical (unpaired) electrons. The summed E-state index contributed by atoms with van der Waals surface area (Å²) in [4.78, 5) is 19.6. The summed E-state index contributed by atoms with van der Waals surface area (Å²) in [5.41, 5.74) is 3.17. The Balaban J connectivity index is 2.18. The van der Waals surface area contributed by atoms with Crippen LogP contribution in [0.5, 0.6) is 5.75 Å². The first-order valence-corrected chi connectivity index (χ1v) is 11.4. The van der Waals surface area contributed by atoms with E-state index in [-0.39, 0.29) is 11.3 Å². The molecule has 2 rings (SSSR count). The van der Waals surface area contributed by atoms with Gasteiger partial charge in [0.05, 0.1) is 0 Å². The molecule has 34 heavy (non-hydrogen) atoms. The number of hydrogen-bond donors (Lipinski definition) is 0. The quantitative estimate of drug-likeness (QED) is 0.307. The molecule has 0 spiro atoms. The number of carbonyl (C=O) groups is 1. The number of benzene rings is 1. The SMILES string of the molecule is C=C(/C=C(\C)CN1CC=C(c2ccc(C(=O)N(C)C)cc2OC(F)(F)F)CC1)/C(Br)=C\C=NC. The van der Waals surface area contributed by atoms with Gasteiger partial charge >= 0.3 is 6.36 Å². The van der Waals surface area contributed by atoms with E-state index in [0.717, 1.165) is 27.3 Å². The molecule has 0 atom stereocenters. The van der Waals surface area contributed by atoms with Gasteiger partial charge in [-0.05, 0) is 42.7 Å². The number of alkyl halides is 3. The minimum absolute atomic E-state index is 0.137. The van der Waals surface area contributed by atoms with Crippen LogP contribution in [0.4, 0.5) is 13.2 Å². The molecule has 0 fully saturated rings. The van der Waals surface area contributed by atoms with Gasteiger partial charge in [0.25, 0.3) is 5.91 Å². The zero-order valence-corrected chi connectivity index (χ0v) is 21.3. The Kier molecular flexibility index (Phi) is 9.88. The molecule has 5 nitrogen and oxygen atoms in total. The Morgan fingerprint density at radius 2 is 2.06 bits per heavy atom. The second-order valence-electron chi connectivity index (χ2n) is 8.11. The predicted molar refractivity (Wildman–Crippen MR) is 134 cm³/mol.